The van der Waals surface area contributed by atoms with Gasteiger partial charge in [0.15, 0.2) is 0 Å². The van der Waals surface area contributed by atoms with E-state index in [1.165, 1.54) is 13.2 Å². The summed E-state index contributed by atoms with van der Waals surface area (Å²) in [5.74, 6) is -0.360. The molecule has 0 rings (SSSR count). The first-order valence-corrected chi connectivity index (χ1v) is 3.12. The monoisotopic (exact) mass is 153 g/mol. The Balaban J connectivity index is 4.43. The fraction of sp³-hybridized carbons (Fsp3) is 0.429. The third-order valence-electron chi connectivity index (χ3n) is 0.979. The van der Waals surface area contributed by atoms with Gasteiger partial charge in [-0.1, -0.05) is 0 Å². The number of carbonyl (C=O) groups is 1. The number of hydrogen-bond acceptors (Lipinski definition) is 3. The largest absolute Gasteiger partial charge is 0.382 e. The van der Waals surface area contributed by atoms with Crippen LogP contribution in [0.25, 0.3) is 0 Å². The van der Waals surface area contributed by atoms with Crippen LogP contribution in [0.4, 0.5) is 0 Å². The first kappa shape index (κ1) is 9.50. The molecular weight excluding hydrogens is 142 g/mol. The van der Waals surface area contributed by atoms with Crippen molar-refractivity contribution in [1.29, 1.82) is 5.26 Å². The smallest absolute Gasteiger partial charge is 0.263 e. The average molecular weight is 153 g/mol. The van der Waals surface area contributed by atoms with E-state index in [-0.39, 0.29) is 11.5 Å². The highest BCUT2D eigenvalue weighted by Crippen LogP contribution is 1.92. The quantitative estimate of drug-likeness (QED) is 0.438. The molecule has 0 radical (unpaired) electrons. The summed E-state index contributed by atoms with van der Waals surface area (Å²) in [6.07, 6.45) is 1.47. The summed E-state index contributed by atoms with van der Waals surface area (Å²) in [7, 11) is 4.99. The van der Waals surface area contributed by atoms with Crippen LogP contribution in [-0.4, -0.2) is 32.0 Å². The number of nitriles is 1. The average Bonchev–Trinajstić information content (AvgIpc) is 1.98. The molecule has 0 atom stereocenters. The van der Waals surface area contributed by atoms with Gasteiger partial charge in [-0.25, -0.2) is 0 Å². The van der Waals surface area contributed by atoms with Crippen LogP contribution >= 0.6 is 0 Å². The molecule has 0 saturated carbocycles. The molecule has 0 aromatic heterocycles. The van der Waals surface area contributed by atoms with Gasteiger partial charge in [0.25, 0.3) is 5.91 Å². The zero-order valence-corrected chi connectivity index (χ0v) is 6.88. The van der Waals surface area contributed by atoms with Crippen molar-refractivity contribution in [2.75, 3.05) is 21.1 Å². The van der Waals surface area contributed by atoms with Gasteiger partial charge in [-0.05, 0) is 0 Å². The molecule has 1 N–H and O–H groups in total. The van der Waals surface area contributed by atoms with E-state index in [9.17, 15) is 4.79 Å². The third kappa shape index (κ3) is 3.26. The molecule has 11 heavy (non-hydrogen) atoms. The maximum atomic E-state index is 10.8. The van der Waals surface area contributed by atoms with E-state index in [0.29, 0.717) is 0 Å². The van der Waals surface area contributed by atoms with Crippen LogP contribution in [0.15, 0.2) is 11.8 Å². The van der Waals surface area contributed by atoms with E-state index in [0.717, 1.165) is 0 Å². The molecule has 0 aromatic rings. The van der Waals surface area contributed by atoms with Crippen LogP contribution in [0, 0.1) is 11.3 Å². The van der Waals surface area contributed by atoms with E-state index >= 15 is 0 Å². The molecule has 0 heterocycles. The van der Waals surface area contributed by atoms with Crippen LogP contribution in [0.1, 0.15) is 0 Å². The second-order valence-electron chi connectivity index (χ2n) is 2.20. The highest BCUT2D eigenvalue weighted by Gasteiger charge is 2.04. The van der Waals surface area contributed by atoms with Gasteiger partial charge in [0.05, 0.1) is 0 Å². The van der Waals surface area contributed by atoms with Crippen molar-refractivity contribution in [3.05, 3.63) is 11.8 Å². The molecule has 0 unspecified atom stereocenters. The molecule has 4 heteroatoms. The van der Waals surface area contributed by atoms with Crippen molar-refractivity contribution >= 4 is 5.91 Å². The molecule has 4 nitrogen and oxygen atoms in total. The van der Waals surface area contributed by atoms with Crippen LogP contribution in [0.5, 0.6) is 0 Å². The highest BCUT2D eigenvalue weighted by atomic mass is 16.1. The second-order valence-corrected chi connectivity index (χ2v) is 2.20. The molecule has 0 aromatic carbocycles. The molecule has 0 spiro atoms. The third-order valence-corrected chi connectivity index (χ3v) is 0.979. The lowest BCUT2D eigenvalue weighted by molar-refractivity contribution is -0.116. The fourth-order valence-electron chi connectivity index (χ4n) is 0.531. The zero-order chi connectivity index (χ0) is 8.85. The van der Waals surface area contributed by atoms with Crippen molar-refractivity contribution in [2.45, 2.75) is 0 Å². The number of rotatable bonds is 2. The summed E-state index contributed by atoms with van der Waals surface area (Å²) < 4.78 is 0. The lowest BCUT2D eigenvalue weighted by Crippen LogP contribution is -2.20. The first-order chi connectivity index (χ1) is 5.11. The maximum Gasteiger partial charge on any atom is 0.263 e. The van der Waals surface area contributed by atoms with Crippen LogP contribution in [-0.2, 0) is 4.79 Å². The van der Waals surface area contributed by atoms with Gasteiger partial charge >= 0.3 is 0 Å². The summed E-state index contributed by atoms with van der Waals surface area (Å²) in [6, 6.07) is 1.79. The molecule has 60 valence electrons. The lowest BCUT2D eigenvalue weighted by atomic mass is 10.3. The van der Waals surface area contributed by atoms with Gasteiger partial charge in [0, 0.05) is 27.3 Å². The number of nitrogens with one attached hydrogen (secondary N) is 1. The first-order valence-electron chi connectivity index (χ1n) is 3.12. The van der Waals surface area contributed by atoms with Gasteiger partial charge < -0.3 is 10.2 Å². The van der Waals surface area contributed by atoms with Gasteiger partial charge in [-0.3, -0.25) is 4.79 Å². The van der Waals surface area contributed by atoms with Gasteiger partial charge in [0.1, 0.15) is 11.6 Å². The SMILES string of the molecule is CNC(=O)/C(C#N)=C/N(C)C. The molecule has 0 bridgehead atoms. The predicted octanol–water partition coefficient (Wildman–Crippen LogP) is -0.299. The Hall–Kier alpha value is -1.50. The number of carbonyl (C=O) groups excluding carboxylic acids is 1. The molecule has 0 aliphatic heterocycles. The second kappa shape index (κ2) is 4.34. The zero-order valence-electron chi connectivity index (χ0n) is 6.88. The van der Waals surface area contributed by atoms with E-state index < -0.39 is 0 Å². The summed E-state index contributed by atoms with van der Waals surface area (Å²) in [5, 5.41) is 10.8. The van der Waals surface area contributed by atoms with E-state index in [4.69, 9.17) is 5.26 Å². The van der Waals surface area contributed by atoms with Gasteiger partial charge in [-0.2, -0.15) is 5.26 Å². The van der Waals surface area contributed by atoms with Crippen molar-refractivity contribution in [3.8, 4) is 6.07 Å². The summed E-state index contributed by atoms with van der Waals surface area (Å²) >= 11 is 0. The highest BCUT2D eigenvalue weighted by molar-refractivity contribution is 5.96. The van der Waals surface area contributed by atoms with Crippen molar-refractivity contribution in [3.63, 3.8) is 0 Å². The summed E-state index contributed by atoms with van der Waals surface area (Å²) in [5.41, 5.74) is 0.109. The minimum Gasteiger partial charge on any atom is -0.382 e. The van der Waals surface area contributed by atoms with Crippen LogP contribution in [0.3, 0.4) is 0 Å². The Kier molecular flexibility index (Phi) is 3.75. The number of nitrogens with zero attached hydrogens (tertiary/aromatic N) is 2. The Labute approximate surface area is 66.1 Å². The molecule has 0 aliphatic carbocycles. The van der Waals surface area contributed by atoms with Gasteiger partial charge in [-0.15, -0.1) is 0 Å². The predicted molar refractivity (Wildman–Crippen MR) is 41.4 cm³/mol. The molecule has 0 saturated heterocycles. The summed E-state index contributed by atoms with van der Waals surface area (Å²) in [6.45, 7) is 0. The minimum absolute atomic E-state index is 0.109. The molecular formula is C7H11N3O. The standard InChI is InChI=1S/C7H11N3O/c1-9-7(11)6(4-8)5-10(2)3/h5H,1-3H3,(H,9,11)/b6-5+. The van der Waals surface area contributed by atoms with Crippen molar-refractivity contribution in [2.24, 2.45) is 0 Å². The van der Waals surface area contributed by atoms with Crippen molar-refractivity contribution in [1.82, 2.24) is 10.2 Å². The summed E-state index contributed by atoms with van der Waals surface area (Å²) in [4.78, 5) is 12.5. The van der Waals surface area contributed by atoms with E-state index in [2.05, 4.69) is 5.32 Å². The fourth-order valence-corrected chi connectivity index (χ4v) is 0.531. The van der Waals surface area contributed by atoms with Crippen LogP contribution < -0.4 is 5.32 Å². The minimum atomic E-state index is -0.360. The number of likely N-dealkylation sites (N-methyl/N-ethyl adjacent to an activating group) is 1. The Bertz CT molecular complexity index is 212. The Morgan fingerprint density at radius 1 is 1.64 bits per heavy atom. The molecule has 0 fully saturated rings. The normalized spacial score (nSPS) is 10.2. The molecule has 0 aliphatic rings. The van der Waals surface area contributed by atoms with Crippen molar-refractivity contribution < 1.29 is 4.79 Å². The Morgan fingerprint density at radius 2 is 2.18 bits per heavy atom. The topological polar surface area (TPSA) is 56.1 Å². The molecule has 1 amide bonds. The lowest BCUT2D eigenvalue weighted by Gasteiger charge is -2.04. The maximum absolute atomic E-state index is 10.8. The van der Waals surface area contributed by atoms with E-state index in [1.54, 1.807) is 25.1 Å². The van der Waals surface area contributed by atoms with E-state index in [1.807, 2.05) is 0 Å². The Morgan fingerprint density at radius 3 is 2.45 bits per heavy atom. The number of amides is 1. The van der Waals surface area contributed by atoms with Gasteiger partial charge in [0.2, 0.25) is 0 Å². The van der Waals surface area contributed by atoms with Crippen LogP contribution in [0.2, 0.25) is 0 Å². The number of hydrogen-bond donors (Lipinski definition) is 1.